The summed E-state index contributed by atoms with van der Waals surface area (Å²) in [5.41, 5.74) is -0.577. The Morgan fingerprint density at radius 3 is 2.31 bits per heavy atom. The van der Waals surface area contributed by atoms with Gasteiger partial charge in [0.2, 0.25) is 5.91 Å². The second-order valence-corrected chi connectivity index (χ2v) is 10.3. The predicted octanol–water partition coefficient (Wildman–Crippen LogP) is 6.31. The first kappa shape index (κ1) is 27.1. The van der Waals surface area contributed by atoms with Gasteiger partial charge in [0.1, 0.15) is 17.4 Å². The van der Waals surface area contributed by atoms with Gasteiger partial charge in [-0.1, -0.05) is 43.4 Å². The highest BCUT2D eigenvalue weighted by molar-refractivity contribution is 7.95. The van der Waals surface area contributed by atoms with Crippen molar-refractivity contribution in [3.63, 3.8) is 0 Å². The number of nitrogens with one attached hydrogen (secondary N) is 1. The molecule has 2 aromatic rings. The maximum absolute atomic E-state index is 14.8. The third kappa shape index (κ3) is 6.01. The number of ether oxygens (including phenoxy) is 1. The van der Waals surface area contributed by atoms with Crippen molar-refractivity contribution < 1.29 is 39.9 Å². The lowest BCUT2D eigenvalue weighted by Crippen LogP contribution is -2.24. The molecule has 0 aliphatic heterocycles. The van der Waals surface area contributed by atoms with Crippen molar-refractivity contribution in [3.8, 4) is 16.9 Å². The minimum atomic E-state index is -5.07. The average Bonchev–Trinajstić information content (AvgIpc) is 2.78. The summed E-state index contributed by atoms with van der Waals surface area (Å²) in [5, 5.41) is 2.38. The van der Waals surface area contributed by atoms with Crippen LogP contribution in [0.2, 0.25) is 0 Å². The number of anilines is 1. The molecule has 11 heteroatoms. The number of rotatable bonds is 7. The maximum atomic E-state index is 14.8. The van der Waals surface area contributed by atoms with E-state index in [0.717, 1.165) is 24.3 Å². The number of amides is 1. The van der Waals surface area contributed by atoms with Crippen LogP contribution in [0.5, 0.6) is 5.75 Å². The Bertz CT molecular complexity index is 1350. The number of alkyl halides is 3. The number of halogens is 5. The highest BCUT2D eigenvalue weighted by Gasteiger charge is 2.33. The summed E-state index contributed by atoms with van der Waals surface area (Å²) in [7, 11) is -3.48. The van der Waals surface area contributed by atoms with Gasteiger partial charge in [-0.05, 0) is 43.2 Å². The van der Waals surface area contributed by atoms with Crippen molar-refractivity contribution >= 4 is 21.4 Å². The summed E-state index contributed by atoms with van der Waals surface area (Å²) >= 11 is 0. The van der Waals surface area contributed by atoms with Gasteiger partial charge in [0.25, 0.3) is 0 Å². The first-order chi connectivity index (χ1) is 16.7. The van der Waals surface area contributed by atoms with Crippen LogP contribution in [0.15, 0.2) is 71.2 Å². The van der Waals surface area contributed by atoms with E-state index in [0.29, 0.717) is 11.1 Å². The van der Waals surface area contributed by atoms with Crippen LogP contribution in [0.25, 0.3) is 11.1 Å². The lowest BCUT2D eigenvalue weighted by Gasteiger charge is -2.21. The summed E-state index contributed by atoms with van der Waals surface area (Å²) in [6.45, 7) is 6.82. The van der Waals surface area contributed by atoms with E-state index in [1.165, 1.54) is 38.1 Å². The zero-order valence-corrected chi connectivity index (χ0v) is 20.1. The number of hydrogen-bond acceptors (Lipinski definition) is 4. The molecule has 0 saturated carbocycles. The van der Waals surface area contributed by atoms with E-state index >= 15 is 0 Å². The monoisotopic (exact) mass is 527 g/mol. The molecule has 1 N–H and O–H groups in total. The third-order valence-electron chi connectivity index (χ3n) is 5.57. The minimum absolute atomic E-state index is 0.0934. The molecule has 5 nitrogen and oxygen atoms in total. The largest absolute Gasteiger partial charge is 0.573 e. The molecule has 1 aliphatic carbocycles. The van der Waals surface area contributed by atoms with Gasteiger partial charge >= 0.3 is 6.36 Å². The summed E-state index contributed by atoms with van der Waals surface area (Å²) < 4.78 is 95.9. The summed E-state index contributed by atoms with van der Waals surface area (Å²) in [6.07, 6.45) is -2.07. The minimum Gasteiger partial charge on any atom is -0.405 e. The summed E-state index contributed by atoms with van der Waals surface area (Å²) in [5.74, 6) is -4.73. The van der Waals surface area contributed by atoms with E-state index < -0.39 is 56.5 Å². The van der Waals surface area contributed by atoms with E-state index in [1.54, 1.807) is 0 Å². The van der Waals surface area contributed by atoms with E-state index in [2.05, 4.69) is 16.6 Å². The van der Waals surface area contributed by atoms with E-state index in [9.17, 15) is 35.2 Å². The zero-order chi connectivity index (χ0) is 26.8. The van der Waals surface area contributed by atoms with E-state index in [-0.39, 0.29) is 22.8 Å². The van der Waals surface area contributed by atoms with Crippen LogP contribution in [0.4, 0.5) is 27.6 Å². The van der Waals surface area contributed by atoms with Gasteiger partial charge in [0, 0.05) is 11.3 Å². The van der Waals surface area contributed by atoms with Crippen molar-refractivity contribution in [1.29, 1.82) is 0 Å². The van der Waals surface area contributed by atoms with Crippen molar-refractivity contribution in [2.24, 2.45) is 5.92 Å². The van der Waals surface area contributed by atoms with Crippen LogP contribution in [-0.4, -0.2) is 26.4 Å². The Labute approximate surface area is 204 Å². The fourth-order valence-corrected chi connectivity index (χ4v) is 4.78. The van der Waals surface area contributed by atoms with Crippen LogP contribution in [-0.2, 0) is 14.6 Å². The number of carbonyl (C=O) groups excluding carboxylic acids is 1. The highest BCUT2D eigenvalue weighted by Crippen LogP contribution is 2.38. The van der Waals surface area contributed by atoms with Gasteiger partial charge in [0.05, 0.1) is 22.1 Å². The predicted molar refractivity (Wildman–Crippen MR) is 126 cm³/mol. The SMILES string of the molecule is C=C1CC(C(C)C(=O)Nc2cc(F)c(-c3ccccc3OC(F)(F)F)c(F)c2)=CC=C1S(=O)(=O)CC. The lowest BCUT2D eigenvalue weighted by atomic mass is 9.90. The number of benzene rings is 2. The number of hydrogen-bond donors (Lipinski definition) is 1. The molecule has 1 aliphatic rings. The van der Waals surface area contributed by atoms with Crippen LogP contribution in [0.1, 0.15) is 20.3 Å². The highest BCUT2D eigenvalue weighted by atomic mass is 32.2. The number of allylic oxidation sites excluding steroid dienone is 3. The summed E-state index contributed by atoms with van der Waals surface area (Å²) in [6, 6.07) is 6.09. The molecule has 1 amide bonds. The Hall–Kier alpha value is -3.47. The van der Waals surface area contributed by atoms with Gasteiger partial charge in [-0.3, -0.25) is 4.79 Å². The second-order valence-electron chi connectivity index (χ2n) is 8.03. The summed E-state index contributed by atoms with van der Waals surface area (Å²) in [4.78, 5) is 12.8. The molecule has 0 fully saturated rings. The van der Waals surface area contributed by atoms with Crippen molar-refractivity contribution in [2.75, 3.05) is 11.1 Å². The Morgan fingerprint density at radius 2 is 1.75 bits per heavy atom. The van der Waals surface area contributed by atoms with Gasteiger partial charge in [-0.15, -0.1) is 13.2 Å². The normalized spacial score (nSPS) is 15.1. The van der Waals surface area contributed by atoms with Crippen molar-refractivity contribution in [3.05, 3.63) is 82.8 Å². The fourth-order valence-electron chi connectivity index (χ4n) is 3.68. The zero-order valence-electron chi connectivity index (χ0n) is 19.2. The van der Waals surface area contributed by atoms with Crippen LogP contribution in [0.3, 0.4) is 0 Å². The number of carbonyl (C=O) groups is 1. The molecule has 0 radical (unpaired) electrons. The Balaban J connectivity index is 1.85. The molecule has 1 atom stereocenters. The number of sulfone groups is 1. The standard InChI is InChI=1S/C25H22F5NO4S/c1-4-36(33,34)22-10-9-16(11-14(22)2)15(3)24(32)31-17-12-19(26)23(20(27)13-17)18-7-5-6-8-21(18)35-25(28,29)30/h5-10,12-13,15H,2,4,11H2,1,3H3,(H,31,32). The fraction of sp³-hybridized carbons (Fsp3) is 0.240. The van der Waals surface area contributed by atoms with Gasteiger partial charge < -0.3 is 10.1 Å². The quantitative estimate of drug-likeness (QED) is 0.429. The lowest BCUT2D eigenvalue weighted by molar-refractivity contribution is -0.274. The molecule has 0 aromatic heterocycles. The Kier molecular flexibility index (Phi) is 7.73. The first-order valence-corrected chi connectivity index (χ1v) is 12.4. The Morgan fingerprint density at radius 1 is 1.14 bits per heavy atom. The molecule has 1 unspecified atom stereocenters. The van der Waals surface area contributed by atoms with Crippen LogP contribution >= 0.6 is 0 Å². The molecule has 0 bridgehead atoms. The topological polar surface area (TPSA) is 72.5 Å². The van der Waals surface area contributed by atoms with Gasteiger partial charge in [0.15, 0.2) is 9.84 Å². The van der Waals surface area contributed by atoms with Crippen molar-refractivity contribution in [2.45, 2.75) is 26.6 Å². The first-order valence-electron chi connectivity index (χ1n) is 10.7. The van der Waals surface area contributed by atoms with E-state index in [1.807, 2.05) is 0 Å². The van der Waals surface area contributed by atoms with Gasteiger partial charge in [-0.25, -0.2) is 17.2 Å². The molecule has 0 heterocycles. The molecule has 192 valence electrons. The molecular formula is C25H22F5NO4S. The van der Waals surface area contributed by atoms with Crippen LogP contribution in [0, 0.1) is 17.6 Å². The molecule has 2 aromatic carbocycles. The van der Waals surface area contributed by atoms with Crippen LogP contribution < -0.4 is 10.1 Å². The molecule has 0 spiro atoms. The molecule has 0 saturated heterocycles. The number of para-hydroxylation sites is 1. The smallest absolute Gasteiger partial charge is 0.405 e. The average molecular weight is 528 g/mol. The van der Waals surface area contributed by atoms with E-state index in [4.69, 9.17) is 0 Å². The van der Waals surface area contributed by atoms with Crippen molar-refractivity contribution in [1.82, 2.24) is 0 Å². The maximum Gasteiger partial charge on any atom is 0.573 e. The second kappa shape index (κ2) is 10.3. The molecular weight excluding hydrogens is 505 g/mol. The molecule has 36 heavy (non-hydrogen) atoms. The molecule has 3 rings (SSSR count). The van der Waals surface area contributed by atoms with Gasteiger partial charge in [-0.2, -0.15) is 0 Å². The third-order valence-corrected chi connectivity index (χ3v) is 7.43.